The highest BCUT2D eigenvalue weighted by Gasteiger charge is 2.04. The lowest BCUT2D eigenvalue weighted by Crippen LogP contribution is -2.28. The predicted octanol–water partition coefficient (Wildman–Crippen LogP) is 2.91. The maximum absolute atomic E-state index is 11.6. The Morgan fingerprint density at radius 3 is 2.61 bits per heavy atom. The number of amides is 1. The van der Waals surface area contributed by atoms with Crippen molar-refractivity contribution in [3.8, 4) is 0 Å². The van der Waals surface area contributed by atoms with E-state index in [2.05, 4.69) is 43.2 Å². The average Bonchev–Trinajstić information content (AvgIpc) is 2.39. The number of carbonyl (C=O) groups is 1. The summed E-state index contributed by atoms with van der Waals surface area (Å²) in [5.41, 5.74) is 2.15. The van der Waals surface area contributed by atoms with E-state index in [9.17, 15) is 4.79 Å². The summed E-state index contributed by atoms with van der Waals surface area (Å²) >= 11 is 0. The fourth-order valence-corrected chi connectivity index (χ4v) is 1.62. The molecule has 18 heavy (non-hydrogen) atoms. The Labute approximate surface area is 109 Å². The van der Waals surface area contributed by atoms with Gasteiger partial charge in [0.25, 0.3) is 0 Å². The molecule has 1 aromatic rings. The highest BCUT2D eigenvalue weighted by atomic mass is 16.1. The number of carbonyl (C=O) groups excluding carboxylic acids is 1. The molecule has 1 aromatic carbocycles. The van der Waals surface area contributed by atoms with E-state index in [4.69, 9.17) is 0 Å². The van der Waals surface area contributed by atoms with Crippen molar-refractivity contribution in [2.45, 2.75) is 26.2 Å². The lowest BCUT2D eigenvalue weighted by molar-refractivity contribution is -0.115. The van der Waals surface area contributed by atoms with E-state index in [-0.39, 0.29) is 5.91 Å². The minimum Gasteiger partial charge on any atom is -0.325 e. The third-order valence-electron chi connectivity index (χ3n) is 2.95. The van der Waals surface area contributed by atoms with Gasteiger partial charge in [0.2, 0.25) is 5.91 Å². The topological polar surface area (TPSA) is 41.1 Å². The molecule has 3 nitrogen and oxygen atoms in total. The minimum absolute atomic E-state index is 0.0341. The molecular weight excluding hydrogens is 224 g/mol. The van der Waals surface area contributed by atoms with E-state index in [1.807, 2.05) is 12.1 Å². The summed E-state index contributed by atoms with van der Waals surface area (Å²) in [4.78, 5) is 11.6. The monoisotopic (exact) mass is 246 g/mol. The molecule has 0 bridgehead atoms. The molecule has 0 aliphatic carbocycles. The maximum atomic E-state index is 11.6. The number of rotatable bonds is 7. The van der Waals surface area contributed by atoms with Gasteiger partial charge in [-0.25, -0.2) is 0 Å². The largest absolute Gasteiger partial charge is 0.325 e. The van der Waals surface area contributed by atoms with Crippen LogP contribution in [0.4, 0.5) is 5.69 Å². The van der Waals surface area contributed by atoms with Crippen LogP contribution < -0.4 is 10.6 Å². The van der Waals surface area contributed by atoms with Crippen LogP contribution in [-0.4, -0.2) is 19.0 Å². The molecule has 0 radical (unpaired) electrons. The van der Waals surface area contributed by atoms with Crippen molar-refractivity contribution in [3.63, 3.8) is 0 Å². The fraction of sp³-hybridized carbons (Fsp3) is 0.400. The SMILES string of the molecule is C=CCNCC(=O)Nc1ccc([C@H](C)CC)cc1. The molecule has 0 saturated carbocycles. The van der Waals surface area contributed by atoms with Crippen LogP contribution in [0.15, 0.2) is 36.9 Å². The first-order valence-corrected chi connectivity index (χ1v) is 6.38. The first kappa shape index (κ1) is 14.5. The zero-order chi connectivity index (χ0) is 13.4. The van der Waals surface area contributed by atoms with Gasteiger partial charge in [0.15, 0.2) is 0 Å². The minimum atomic E-state index is -0.0341. The van der Waals surface area contributed by atoms with E-state index in [1.165, 1.54) is 5.56 Å². The second-order valence-electron chi connectivity index (χ2n) is 4.40. The first-order valence-electron chi connectivity index (χ1n) is 6.38. The van der Waals surface area contributed by atoms with E-state index in [0.29, 0.717) is 19.0 Å². The maximum Gasteiger partial charge on any atom is 0.238 e. The second kappa shape index (κ2) is 7.67. The van der Waals surface area contributed by atoms with Gasteiger partial charge in [-0.15, -0.1) is 6.58 Å². The quantitative estimate of drug-likeness (QED) is 0.573. The number of nitrogens with one attached hydrogen (secondary N) is 2. The van der Waals surface area contributed by atoms with Crippen LogP contribution >= 0.6 is 0 Å². The summed E-state index contributed by atoms with van der Waals surface area (Å²) in [5.74, 6) is 0.525. The Hall–Kier alpha value is -1.61. The molecule has 2 N–H and O–H groups in total. The molecule has 0 saturated heterocycles. The summed E-state index contributed by atoms with van der Waals surface area (Å²) < 4.78 is 0. The van der Waals surface area contributed by atoms with Gasteiger partial charge >= 0.3 is 0 Å². The molecule has 98 valence electrons. The van der Waals surface area contributed by atoms with E-state index < -0.39 is 0 Å². The van der Waals surface area contributed by atoms with Gasteiger partial charge in [0.05, 0.1) is 6.54 Å². The first-order chi connectivity index (χ1) is 8.67. The summed E-state index contributed by atoms with van der Waals surface area (Å²) in [7, 11) is 0. The third kappa shape index (κ3) is 4.72. The lowest BCUT2D eigenvalue weighted by atomic mass is 9.99. The molecule has 1 atom stereocenters. The Balaban J connectivity index is 2.48. The van der Waals surface area contributed by atoms with Gasteiger partial charge < -0.3 is 10.6 Å². The van der Waals surface area contributed by atoms with Crippen molar-refractivity contribution in [2.75, 3.05) is 18.4 Å². The average molecular weight is 246 g/mol. The van der Waals surface area contributed by atoms with Crippen molar-refractivity contribution in [1.29, 1.82) is 0 Å². The number of anilines is 1. The number of hydrogen-bond acceptors (Lipinski definition) is 2. The van der Waals surface area contributed by atoms with Crippen LogP contribution in [0.25, 0.3) is 0 Å². The number of benzene rings is 1. The van der Waals surface area contributed by atoms with Gasteiger partial charge in [-0.2, -0.15) is 0 Å². The van der Waals surface area contributed by atoms with E-state index in [0.717, 1.165) is 12.1 Å². The highest BCUT2D eigenvalue weighted by molar-refractivity contribution is 5.92. The molecule has 1 rings (SSSR count). The zero-order valence-electron chi connectivity index (χ0n) is 11.2. The van der Waals surface area contributed by atoms with Crippen LogP contribution in [-0.2, 0) is 4.79 Å². The Morgan fingerprint density at radius 1 is 1.39 bits per heavy atom. The van der Waals surface area contributed by atoms with Crippen LogP contribution in [0.1, 0.15) is 31.7 Å². The standard InChI is InChI=1S/C15H22N2O/c1-4-10-16-11-15(18)17-14-8-6-13(7-9-14)12(3)5-2/h4,6-9,12,16H,1,5,10-11H2,2-3H3,(H,17,18)/t12-/m1/s1. The molecule has 0 aliphatic heterocycles. The smallest absolute Gasteiger partial charge is 0.238 e. The predicted molar refractivity (Wildman–Crippen MR) is 76.8 cm³/mol. The molecule has 0 heterocycles. The molecule has 3 heteroatoms. The van der Waals surface area contributed by atoms with Crippen LogP contribution in [0.3, 0.4) is 0 Å². The Kier molecular flexibility index (Phi) is 6.15. The van der Waals surface area contributed by atoms with Gasteiger partial charge in [-0.3, -0.25) is 4.79 Å². The molecule has 0 aromatic heterocycles. The summed E-state index contributed by atoms with van der Waals surface area (Å²) in [6, 6.07) is 8.04. The van der Waals surface area contributed by atoms with Crippen molar-refractivity contribution in [3.05, 3.63) is 42.5 Å². The summed E-state index contributed by atoms with van der Waals surface area (Å²) in [6.45, 7) is 8.90. The highest BCUT2D eigenvalue weighted by Crippen LogP contribution is 2.20. The Morgan fingerprint density at radius 2 is 2.06 bits per heavy atom. The van der Waals surface area contributed by atoms with Gasteiger partial charge in [0, 0.05) is 12.2 Å². The van der Waals surface area contributed by atoms with Crippen molar-refractivity contribution < 1.29 is 4.79 Å². The fourth-order valence-electron chi connectivity index (χ4n) is 1.62. The number of hydrogen-bond donors (Lipinski definition) is 2. The van der Waals surface area contributed by atoms with Gasteiger partial charge in [-0.05, 0) is 30.0 Å². The van der Waals surface area contributed by atoms with E-state index in [1.54, 1.807) is 6.08 Å². The normalized spacial score (nSPS) is 11.9. The lowest BCUT2D eigenvalue weighted by Gasteiger charge is -2.10. The van der Waals surface area contributed by atoms with Gasteiger partial charge in [0.1, 0.15) is 0 Å². The zero-order valence-corrected chi connectivity index (χ0v) is 11.2. The van der Waals surface area contributed by atoms with Gasteiger partial charge in [-0.1, -0.05) is 32.1 Å². The van der Waals surface area contributed by atoms with E-state index >= 15 is 0 Å². The van der Waals surface area contributed by atoms with Crippen molar-refractivity contribution >= 4 is 11.6 Å². The van der Waals surface area contributed by atoms with Crippen molar-refractivity contribution in [2.24, 2.45) is 0 Å². The molecule has 0 fully saturated rings. The second-order valence-corrected chi connectivity index (χ2v) is 4.40. The molecule has 1 amide bonds. The van der Waals surface area contributed by atoms with Crippen molar-refractivity contribution in [1.82, 2.24) is 5.32 Å². The summed E-state index contributed by atoms with van der Waals surface area (Å²) in [5, 5.41) is 5.81. The molecular formula is C15H22N2O. The van der Waals surface area contributed by atoms with Crippen LogP contribution in [0.2, 0.25) is 0 Å². The Bertz CT molecular complexity index is 384. The molecule has 0 aliphatic rings. The molecule has 0 unspecified atom stereocenters. The van der Waals surface area contributed by atoms with Crippen LogP contribution in [0, 0.1) is 0 Å². The third-order valence-corrected chi connectivity index (χ3v) is 2.95. The molecule has 0 spiro atoms. The van der Waals surface area contributed by atoms with Crippen LogP contribution in [0.5, 0.6) is 0 Å². The summed E-state index contributed by atoms with van der Waals surface area (Å²) in [6.07, 6.45) is 2.85.